The number of aryl methyl sites for hydroxylation is 5. The Hall–Kier alpha value is -2.10. The first kappa shape index (κ1) is 15.3. The molecule has 0 spiro atoms. The number of carbonyl (C=O) groups is 1. The van der Waals surface area contributed by atoms with Gasteiger partial charge in [-0.25, -0.2) is 0 Å². The van der Waals surface area contributed by atoms with E-state index in [4.69, 9.17) is 0 Å². The predicted octanol–water partition coefficient (Wildman–Crippen LogP) is 2.82. The molecule has 4 nitrogen and oxygen atoms in total. The SMILES string of the molecule is Cc1ccc(C)c(CNC(=O)CCn2nc(C)cc2C)c1. The van der Waals surface area contributed by atoms with Crippen LogP contribution >= 0.6 is 0 Å². The predicted molar refractivity (Wildman–Crippen MR) is 84.1 cm³/mol. The van der Waals surface area contributed by atoms with E-state index in [1.54, 1.807) is 0 Å². The van der Waals surface area contributed by atoms with E-state index in [0.29, 0.717) is 19.5 Å². The summed E-state index contributed by atoms with van der Waals surface area (Å²) in [5.41, 5.74) is 5.68. The summed E-state index contributed by atoms with van der Waals surface area (Å²) >= 11 is 0. The summed E-state index contributed by atoms with van der Waals surface area (Å²) in [5, 5.41) is 7.35. The molecule has 0 atom stereocenters. The largest absolute Gasteiger partial charge is 0.352 e. The summed E-state index contributed by atoms with van der Waals surface area (Å²) in [5.74, 6) is 0.0588. The maximum absolute atomic E-state index is 12.0. The molecule has 1 aromatic carbocycles. The lowest BCUT2D eigenvalue weighted by molar-refractivity contribution is -0.121. The number of rotatable bonds is 5. The number of nitrogens with one attached hydrogen (secondary N) is 1. The summed E-state index contributed by atoms with van der Waals surface area (Å²) in [4.78, 5) is 12.0. The Bertz CT molecular complexity index is 643. The molecule has 0 aliphatic carbocycles. The zero-order valence-corrected chi connectivity index (χ0v) is 13.2. The third kappa shape index (κ3) is 4.18. The van der Waals surface area contributed by atoms with Crippen molar-refractivity contribution in [3.05, 3.63) is 52.3 Å². The van der Waals surface area contributed by atoms with Crippen molar-refractivity contribution in [1.82, 2.24) is 15.1 Å². The molecule has 112 valence electrons. The highest BCUT2D eigenvalue weighted by atomic mass is 16.1. The average Bonchev–Trinajstić information content (AvgIpc) is 2.75. The molecule has 0 radical (unpaired) electrons. The van der Waals surface area contributed by atoms with Gasteiger partial charge in [-0.3, -0.25) is 9.48 Å². The molecule has 0 aliphatic heterocycles. The number of hydrogen-bond donors (Lipinski definition) is 1. The Kier molecular flexibility index (Phi) is 4.78. The first-order valence-corrected chi connectivity index (χ1v) is 7.29. The van der Waals surface area contributed by atoms with Crippen LogP contribution in [0.2, 0.25) is 0 Å². The second-order valence-corrected chi connectivity index (χ2v) is 5.61. The summed E-state index contributed by atoms with van der Waals surface area (Å²) in [6, 6.07) is 8.32. The fourth-order valence-corrected chi connectivity index (χ4v) is 2.38. The van der Waals surface area contributed by atoms with E-state index in [1.807, 2.05) is 24.6 Å². The van der Waals surface area contributed by atoms with E-state index in [-0.39, 0.29) is 5.91 Å². The molecule has 0 bridgehead atoms. The van der Waals surface area contributed by atoms with Gasteiger partial charge in [-0.2, -0.15) is 5.10 Å². The van der Waals surface area contributed by atoms with Crippen LogP contribution in [0.3, 0.4) is 0 Å². The number of hydrogen-bond acceptors (Lipinski definition) is 2. The van der Waals surface area contributed by atoms with Crippen LogP contribution in [0.1, 0.15) is 34.5 Å². The molecule has 1 N–H and O–H groups in total. The third-order valence-corrected chi connectivity index (χ3v) is 3.63. The molecule has 0 fully saturated rings. The minimum atomic E-state index is 0.0588. The molecule has 4 heteroatoms. The van der Waals surface area contributed by atoms with Gasteiger partial charge in [0.2, 0.25) is 5.91 Å². The van der Waals surface area contributed by atoms with Crippen LogP contribution in [0.25, 0.3) is 0 Å². The van der Waals surface area contributed by atoms with Crippen molar-refractivity contribution >= 4 is 5.91 Å². The normalized spacial score (nSPS) is 10.7. The van der Waals surface area contributed by atoms with E-state index < -0.39 is 0 Å². The molecular formula is C17H23N3O. The van der Waals surface area contributed by atoms with Crippen LogP contribution in [0.5, 0.6) is 0 Å². The molecule has 1 heterocycles. The Morgan fingerprint density at radius 3 is 2.62 bits per heavy atom. The third-order valence-electron chi connectivity index (χ3n) is 3.63. The lowest BCUT2D eigenvalue weighted by Gasteiger charge is -2.09. The maximum atomic E-state index is 12.0. The number of aromatic nitrogens is 2. The van der Waals surface area contributed by atoms with Gasteiger partial charge in [-0.15, -0.1) is 0 Å². The van der Waals surface area contributed by atoms with Crippen molar-refractivity contribution in [2.24, 2.45) is 0 Å². The van der Waals surface area contributed by atoms with Crippen LogP contribution < -0.4 is 5.32 Å². The van der Waals surface area contributed by atoms with Gasteiger partial charge in [0, 0.05) is 25.2 Å². The van der Waals surface area contributed by atoms with Crippen molar-refractivity contribution < 1.29 is 4.79 Å². The Balaban J connectivity index is 1.85. The average molecular weight is 285 g/mol. The van der Waals surface area contributed by atoms with Gasteiger partial charge in [0.1, 0.15) is 0 Å². The van der Waals surface area contributed by atoms with Crippen LogP contribution in [0, 0.1) is 27.7 Å². The first-order valence-electron chi connectivity index (χ1n) is 7.29. The number of benzene rings is 1. The highest BCUT2D eigenvalue weighted by Crippen LogP contribution is 2.10. The molecule has 0 unspecified atom stereocenters. The van der Waals surface area contributed by atoms with Crippen molar-refractivity contribution in [3.63, 3.8) is 0 Å². The monoisotopic (exact) mass is 285 g/mol. The second kappa shape index (κ2) is 6.57. The number of carbonyl (C=O) groups excluding carboxylic acids is 1. The van der Waals surface area contributed by atoms with Gasteiger partial charge >= 0.3 is 0 Å². The van der Waals surface area contributed by atoms with Crippen LogP contribution in [0.4, 0.5) is 0 Å². The Morgan fingerprint density at radius 1 is 1.19 bits per heavy atom. The zero-order chi connectivity index (χ0) is 15.4. The number of amides is 1. The van der Waals surface area contributed by atoms with Crippen LogP contribution in [0.15, 0.2) is 24.3 Å². The maximum Gasteiger partial charge on any atom is 0.222 e. The molecule has 1 amide bonds. The van der Waals surface area contributed by atoms with E-state index in [1.165, 1.54) is 16.7 Å². The molecule has 0 saturated carbocycles. The summed E-state index contributed by atoms with van der Waals surface area (Å²) in [6.07, 6.45) is 0.451. The van der Waals surface area contributed by atoms with E-state index >= 15 is 0 Å². The lowest BCUT2D eigenvalue weighted by atomic mass is 10.1. The minimum absolute atomic E-state index is 0.0588. The Labute approximate surface area is 126 Å². The van der Waals surface area contributed by atoms with E-state index in [2.05, 4.69) is 42.5 Å². The van der Waals surface area contributed by atoms with Gasteiger partial charge in [0.25, 0.3) is 0 Å². The summed E-state index contributed by atoms with van der Waals surface area (Å²) in [7, 11) is 0. The van der Waals surface area contributed by atoms with E-state index in [9.17, 15) is 4.79 Å². The Morgan fingerprint density at radius 2 is 1.95 bits per heavy atom. The van der Waals surface area contributed by atoms with Crippen LogP contribution in [-0.2, 0) is 17.9 Å². The molecular weight excluding hydrogens is 262 g/mol. The highest BCUT2D eigenvalue weighted by molar-refractivity contribution is 5.75. The highest BCUT2D eigenvalue weighted by Gasteiger charge is 2.06. The molecule has 2 rings (SSSR count). The molecule has 0 aliphatic rings. The first-order chi connectivity index (χ1) is 9.95. The minimum Gasteiger partial charge on any atom is -0.352 e. The smallest absolute Gasteiger partial charge is 0.222 e. The quantitative estimate of drug-likeness (QED) is 0.918. The van der Waals surface area contributed by atoms with Gasteiger partial charge in [0.05, 0.1) is 5.69 Å². The fraction of sp³-hybridized carbons (Fsp3) is 0.412. The van der Waals surface area contributed by atoms with Gasteiger partial charge in [-0.1, -0.05) is 23.8 Å². The standard InChI is InChI=1S/C17H23N3O/c1-12-5-6-13(2)16(9-12)11-18-17(21)7-8-20-15(4)10-14(3)19-20/h5-6,9-10H,7-8,11H2,1-4H3,(H,18,21). The summed E-state index contributed by atoms with van der Waals surface area (Å²) in [6.45, 7) is 9.31. The van der Waals surface area contributed by atoms with E-state index in [0.717, 1.165) is 11.4 Å². The van der Waals surface area contributed by atoms with Gasteiger partial charge in [0.15, 0.2) is 0 Å². The molecule has 2 aromatic rings. The van der Waals surface area contributed by atoms with Crippen molar-refractivity contribution in [2.75, 3.05) is 0 Å². The molecule has 21 heavy (non-hydrogen) atoms. The van der Waals surface area contributed by atoms with Crippen LogP contribution in [-0.4, -0.2) is 15.7 Å². The second-order valence-electron chi connectivity index (χ2n) is 5.61. The molecule has 0 saturated heterocycles. The summed E-state index contributed by atoms with van der Waals surface area (Å²) < 4.78 is 1.88. The molecule has 1 aromatic heterocycles. The van der Waals surface area contributed by atoms with Gasteiger partial charge in [-0.05, 0) is 44.9 Å². The number of nitrogens with zero attached hydrogens (tertiary/aromatic N) is 2. The van der Waals surface area contributed by atoms with Gasteiger partial charge < -0.3 is 5.32 Å². The van der Waals surface area contributed by atoms with Crippen molar-refractivity contribution in [1.29, 1.82) is 0 Å². The van der Waals surface area contributed by atoms with Crippen molar-refractivity contribution in [3.8, 4) is 0 Å². The van der Waals surface area contributed by atoms with Crippen molar-refractivity contribution in [2.45, 2.75) is 47.2 Å². The lowest BCUT2D eigenvalue weighted by Crippen LogP contribution is -2.24. The fourth-order valence-electron chi connectivity index (χ4n) is 2.38. The topological polar surface area (TPSA) is 46.9 Å². The zero-order valence-electron chi connectivity index (χ0n) is 13.2.